The molecular formula is C23H26N2O2. The van der Waals surface area contributed by atoms with E-state index in [9.17, 15) is 4.79 Å². The van der Waals surface area contributed by atoms with Gasteiger partial charge in [0.25, 0.3) is 5.91 Å². The van der Waals surface area contributed by atoms with Crippen molar-refractivity contribution in [2.45, 2.75) is 19.5 Å². The van der Waals surface area contributed by atoms with Crippen LogP contribution in [0, 0.1) is 0 Å². The number of rotatable bonds is 9. The Labute approximate surface area is 161 Å². The van der Waals surface area contributed by atoms with E-state index in [1.165, 1.54) is 5.56 Å². The summed E-state index contributed by atoms with van der Waals surface area (Å²) in [6.45, 7) is 2.69. The molecule has 0 saturated carbocycles. The van der Waals surface area contributed by atoms with Crippen molar-refractivity contribution in [3.05, 3.63) is 95.8 Å². The van der Waals surface area contributed by atoms with Crippen molar-refractivity contribution < 1.29 is 9.53 Å². The maximum Gasteiger partial charge on any atom is 0.254 e. The van der Waals surface area contributed by atoms with E-state index in [-0.39, 0.29) is 5.91 Å². The van der Waals surface area contributed by atoms with E-state index in [1.54, 1.807) is 7.11 Å². The molecular weight excluding hydrogens is 336 g/mol. The first kappa shape index (κ1) is 18.9. The topological polar surface area (TPSA) is 34.5 Å². The van der Waals surface area contributed by atoms with Crippen LogP contribution in [-0.4, -0.2) is 35.6 Å². The first-order valence-corrected chi connectivity index (χ1v) is 9.29. The standard InChI is InChI=1S/C23H26N2O2/c1-27-17-9-16-25(23(26)21-12-6-3-7-13-21)19-22-14-8-15-24(22)18-20-10-4-2-5-11-20/h2-8,10-15H,9,16-19H2,1H3. The van der Waals surface area contributed by atoms with Crippen LogP contribution in [0.15, 0.2) is 79.0 Å². The molecule has 0 fully saturated rings. The fourth-order valence-electron chi connectivity index (χ4n) is 3.14. The summed E-state index contributed by atoms with van der Waals surface area (Å²) in [5.41, 5.74) is 3.09. The van der Waals surface area contributed by atoms with Crippen molar-refractivity contribution in [3.63, 3.8) is 0 Å². The Morgan fingerprint density at radius 3 is 2.37 bits per heavy atom. The first-order chi connectivity index (χ1) is 13.3. The van der Waals surface area contributed by atoms with Gasteiger partial charge in [-0.2, -0.15) is 0 Å². The third-order valence-corrected chi connectivity index (χ3v) is 4.56. The SMILES string of the molecule is COCCCN(Cc1cccn1Cc1ccccc1)C(=O)c1ccccc1. The number of carbonyl (C=O) groups is 1. The van der Waals surface area contributed by atoms with Crippen LogP contribution in [0.2, 0.25) is 0 Å². The van der Waals surface area contributed by atoms with Crippen LogP contribution in [0.3, 0.4) is 0 Å². The molecule has 0 aliphatic carbocycles. The number of nitrogens with zero attached hydrogens (tertiary/aromatic N) is 2. The molecule has 0 aliphatic rings. The lowest BCUT2D eigenvalue weighted by Crippen LogP contribution is -2.33. The average molecular weight is 362 g/mol. The molecule has 0 bridgehead atoms. The largest absolute Gasteiger partial charge is 0.385 e. The molecule has 1 heterocycles. The highest BCUT2D eigenvalue weighted by Gasteiger charge is 2.17. The van der Waals surface area contributed by atoms with Gasteiger partial charge in [0.1, 0.15) is 0 Å². The maximum atomic E-state index is 13.0. The van der Waals surface area contributed by atoms with Gasteiger partial charge in [-0.25, -0.2) is 0 Å². The molecule has 2 aromatic carbocycles. The predicted molar refractivity (Wildman–Crippen MR) is 108 cm³/mol. The Morgan fingerprint density at radius 2 is 1.67 bits per heavy atom. The fraction of sp³-hybridized carbons (Fsp3) is 0.261. The van der Waals surface area contributed by atoms with Crippen molar-refractivity contribution in [1.82, 2.24) is 9.47 Å². The van der Waals surface area contributed by atoms with E-state index in [0.717, 1.165) is 24.2 Å². The van der Waals surface area contributed by atoms with Gasteiger partial charge in [0.05, 0.1) is 6.54 Å². The van der Waals surface area contributed by atoms with Crippen LogP contribution in [0.4, 0.5) is 0 Å². The van der Waals surface area contributed by atoms with Crippen molar-refractivity contribution in [3.8, 4) is 0 Å². The molecule has 3 rings (SSSR count). The van der Waals surface area contributed by atoms with Crippen LogP contribution in [0.25, 0.3) is 0 Å². The van der Waals surface area contributed by atoms with Gasteiger partial charge in [-0.15, -0.1) is 0 Å². The molecule has 1 amide bonds. The van der Waals surface area contributed by atoms with Gasteiger partial charge >= 0.3 is 0 Å². The Balaban J connectivity index is 1.76. The Morgan fingerprint density at radius 1 is 0.963 bits per heavy atom. The molecule has 0 aliphatic heterocycles. The van der Waals surface area contributed by atoms with Gasteiger partial charge in [-0.3, -0.25) is 4.79 Å². The lowest BCUT2D eigenvalue weighted by Gasteiger charge is -2.24. The number of hydrogen-bond acceptors (Lipinski definition) is 2. The van der Waals surface area contributed by atoms with E-state index >= 15 is 0 Å². The van der Waals surface area contributed by atoms with Gasteiger partial charge in [-0.1, -0.05) is 48.5 Å². The van der Waals surface area contributed by atoms with Gasteiger partial charge in [0, 0.05) is 44.3 Å². The minimum atomic E-state index is 0.0548. The molecule has 27 heavy (non-hydrogen) atoms. The molecule has 3 aromatic rings. The quantitative estimate of drug-likeness (QED) is 0.534. The highest BCUT2D eigenvalue weighted by atomic mass is 16.5. The second kappa shape index (κ2) is 9.74. The van der Waals surface area contributed by atoms with Gasteiger partial charge in [-0.05, 0) is 36.2 Å². The number of carbonyl (C=O) groups excluding carboxylic acids is 1. The molecule has 0 spiro atoms. The summed E-state index contributed by atoms with van der Waals surface area (Å²) < 4.78 is 7.38. The van der Waals surface area contributed by atoms with Crippen LogP contribution in [0.1, 0.15) is 28.0 Å². The summed E-state index contributed by atoms with van der Waals surface area (Å²) in [7, 11) is 1.69. The number of aromatic nitrogens is 1. The van der Waals surface area contributed by atoms with Crippen LogP contribution in [0.5, 0.6) is 0 Å². The second-order valence-corrected chi connectivity index (χ2v) is 6.55. The molecule has 1 aromatic heterocycles. The van der Waals surface area contributed by atoms with Gasteiger partial charge < -0.3 is 14.2 Å². The van der Waals surface area contributed by atoms with Crippen molar-refractivity contribution in [2.75, 3.05) is 20.3 Å². The van der Waals surface area contributed by atoms with E-state index in [2.05, 4.69) is 41.1 Å². The highest BCUT2D eigenvalue weighted by Crippen LogP contribution is 2.14. The second-order valence-electron chi connectivity index (χ2n) is 6.55. The summed E-state index contributed by atoms with van der Waals surface area (Å²) in [6, 6.07) is 24.0. The zero-order valence-electron chi connectivity index (χ0n) is 15.8. The van der Waals surface area contributed by atoms with E-state index in [4.69, 9.17) is 4.74 Å². The lowest BCUT2D eigenvalue weighted by molar-refractivity contribution is 0.0720. The zero-order chi connectivity index (χ0) is 18.9. The third kappa shape index (κ3) is 5.31. The summed E-state index contributed by atoms with van der Waals surface area (Å²) in [4.78, 5) is 14.9. The summed E-state index contributed by atoms with van der Waals surface area (Å²) >= 11 is 0. The van der Waals surface area contributed by atoms with Crippen LogP contribution >= 0.6 is 0 Å². The molecule has 4 heteroatoms. The number of ether oxygens (including phenoxy) is 1. The summed E-state index contributed by atoms with van der Waals surface area (Å²) in [5, 5.41) is 0. The first-order valence-electron chi connectivity index (χ1n) is 9.29. The highest BCUT2D eigenvalue weighted by molar-refractivity contribution is 5.94. The smallest absolute Gasteiger partial charge is 0.254 e. The van der Waals surface area contributed by atoms with Gasteiger partial charge in [0.2, 0.25) is 0 Å². The molecule has 4 nitrogen and oxygen atoms in total. The number of benzene rings is 2. The average Bonchev–Trinajstić information content (AvgIpc) is 3.15. The zero-order valence-corrected chi connectivity index (χ0v) is 15.8. The van der Waals surface area contributed by atoms with Gasteiger partial charge in [0.15, 0.2) is 0 Å². The number of hydrogen-bond donors (Lipinski definition) is 0. The maximum absolute atomic E-state index is 13.0. The van der Waals surface area contributed by atoms with E-state index in [0.29, 0.717) is 19.7 Å². The van der Waals surface area contributed by atoms with E-state index < -0.39 is 0 Å². The minimum Gasteiger partial charge on any atom is -0.385 e. The molecule has 0 unspecified atom stereocenters. The minimum absolute atomic E-state index is 0.0548. The fourth-order valence-corrected chi connectivity index (χ4v) is 3.14. The molecule has 0 saturated heterocycles. The van der Waals surface area contributed by atoms with E-state index in [1.807, 2.05) is 47.4 Å². The van der Waals surface area contributed by atoms with Crippen LogP contribution in [-0.2, 0) is 17.8 Å². The monoisotopic (exact) mass is 362 g/mol. The Hall–Kier alpha value is -2.85. The van der Waals surface area contributed by atoms with Crippen molar-refractivity contribution in [2.24, 2.45) is 0 Å². The Bertz CT molecular complexity index is 828. The Kier molecular flexibility index (Phi) is 6.83. The number of methoxy groups -OCH3 is 1. The molecule has 0 radical (unpaired) electrons. The number of amides is 1. The lowest BCUT2D eigenvalue weighted by atomic mass is 10.2. The summed E-state index contributed by atoms with van der Waals surface area (Å²) in [6.07, 6.45) is 2.89. The molecule has 140 valence electrons. The van der Waals surface area contributed by atoms with Crippen molar-refractivity contribution in [1.29, 1.82) is 0 Å². The normalized spacial score (nSPS) is 10.7. The van der Waals surface area contributed by atoms with Crippen LogP contribution < -0.4 is 0 Å². The predicted octanol–water partition coefficient (Wildman–Crippen LogP) is 4.22. The third-order valence-electron chi connectivity index (χ3n) is 4.56. The molecule has 0 atom stereocenters. The molecule has 0 N–H and O–H groups in total. The summed E-state index contributed by atoms with van der Waals surface area (Å²) in [5.74, 6) is 0.0548. The van der Waals surface area contributed by atoms with Crippen molar-refractivity contribution >= 4 is 5.91 Å².